The van der Waals surface area contributed by atoms with Gasteiger partial charge in [-0.05, 0) is 66.4 Å². The number of hydrogen-bond acceptors (Lipinski definition) is 6. The van der Waals surface area contributed by atoms with Gasteiger partial charge in [-0.15, -0.1) is 11.8 Å². The average Bonchev–Trinajstić information content (AvgIpc) is 3.54. The van der Waals surface area contributed by atoms with E-state index in [-0.39, 0.29) is 42.4 Å². The van der Waals surface area contributed by atoms with Crippen molar-refractivity contribution in [2.45, 2.75) is 56.4 Å². The Hall–Kier alpha value is -4.61. The van der Waals surface area contributed by atoms with Gasteiger partial charge in [-0.2, -0.15) is 0 Å². The second kappa shape index (κ2) is 14.7. The van der Waals surface area contributed by atoms with Crippen LogP contribution in [0.1, 0.15) is 37.2 Å². The number of benzene rings is 3. The lowest BCUT2D eigenvalue weighted by Gasteiger charge is -2.28. The molecule has 1 aliphatic rings. The van der Waals surface area contributed by atoms with E-state index >= 15 is 0 Å². The molecule has 0 radical (unpaired) electrons. The molecule has 11 heteroatoms. The van der Waals surface area contributed by atoms with Gasteiger partial charge in [-0.25, -0.2) is 9.18 Å². The summed E-state index contributed by atoms with van der Waals surface area (Å²) < 4.78 is 19.7. The second-order valence-electron chi connectivity index (χ2n) is 11.7. The van der Waals surface area contributed by atoms with E-state index in [4.69, 9.17) is 4.42 Å². The minimum absolute atomic E-state index is 0.144. The van der Waals surface area contributed by atoms with E-state index < -0.39 is 11.6 Å². The Labute approximate surface area is 272 Å². The molecule has 0 bridgehead atoms. The van der Waals surface area contributed by atoms with Gasteiger partial charge in [-0.1, -0.05) is 48.5 Å². The van der Waals surface area contributed by atoms with Crippen LogP contribution in [0.15, 0.2) is 94.4 Å². The quantitative estimate of drug-likeness (QED) is 0.169. The fraction of sp³-hybridized carbons (Fsp3) is 0.286. The molecule has 0 spiro atoms. The minimum Gasteiger partial charge on any atom is -0.468 e. The first-order valence-electron chi connectivity index (χ1n) is 15.0. The number of hydrogen-bond donors (Lipinski definition) is 4. The number of urea groups is 1. The number of nitrogens with zero attached hydrogens (tertiary/aromatic N) is 1. The molecule has 1 atom stereocenters. The normalized spacial score (nSPS) is 14.7. The van der Waals surface area contributed by atoms with Crippen LogP contribution in [-0.2, 0) is 29.2 Å². The van der Waals surface area contributed by atoms with E-state index in [1.165, 1.54) is 23.9 Å². The SMILES string of the molecule is CNC(=O)NCc1ccccc1-c1ccc(CN2C(=O)[C@H](NC(=O)CC(C)(C)NCc3ccco3)CSc3cc(F)ccc32)cc1. The summed E-state index contributed by atoms with van der Waals surface area (Å²) in [6, 6.07) is 22.7. The fourth-order valence-electron chi connectivity index (χ4n) is 5.29. The van der Waals surface area contributed by atoms with Crippen LogP contribution in [0.3, 0.4) is 0 Å². The van der Waals surface area contributed by atoms with Crippen LogP contribution in [0.2, 0.25) is 0 Å². The van der Waals surface area contributed by atoms with Crippen molar-refractivity contribution in [2.24, 2.45) is 0 Å². The number of fused-ring (bicyclic) bond motifs is 1. The zero-order chi connectivity index (χ0) is 32.7. The maximum absolute atomic E-state index is 14.3. The minimum atomic E-state index is -0.798. The Bertz CT molecular complexity index is 1680. The average molecular weight is 644 g/mol. The van der Waals surface area contributed by atoms with Crippen molar-refractivity contribution in [1.82, 2.24) is 21.3 Å². The number of thioether (sulfide) groups is 1. The number of amides is 4. The molecule has 1 aromatic heterocycles. The molecular formula is C35H38FN5O4S. The third-order valence-corrected chi connectivity index (χ3v) is 8.87. The Balaban J connectivity index is 1.31. The highest BCUT2D eigenvalue weighted by atomic mass is 32.2. The zero-order valence-corrected chi connectivity index (χ0v) is 26.9. The second-order valence-corrected chi connectivity index (χ2v) is 12.8. The van der Waals surface area contributed by atoms with Crippen molar-refractivity contribution in [2.75, 3.05) is 17.7 Å². The number of halogens is 1. The number of carbonyl (C=O) groups is 3. The molecular weight excluding hydrogens is 605 g/mol. The molecule has 0 saturated carbocycles. The molecule has 4 amide bonds. The van der Waals surface area contributed by atoms with E-state index in [0.29, 0.717) is 23.7 Å². The highest BCUT2D eigenvalue weighted by molar-refractivity contribution is 7.99. The molecule has 0 fully saturated rings. The van der Waals surface area contributed by atoms with Crippen molar-refractivity contribution in [1.29, 1.82) is 0 Å². The highest BCUT2D eigenvalue weighted by Gasteiger charge is 2.33. The van der Waals surface area contributed by atoms with E-state index in [1.54, 1.807) is 24.3 Å². The first-order valence-corrected chi connectivity index (χ1v) is 16.0. The first-order chi connectivity index (χ1) is 22.1. The number of nitrogens with one attached hydrogen (secondary N) is 4. The van der Waals surface area contributed by atoms with Gasteiger partial charge in [0.1, 0.15) is 17.6 Å². The lowest BCUT2D eigenvalue weighted by Crippen LogP contribution is -2.51. The van der Waals surface area contributed by atoms with E-state index in [0.717, 1.165) is 28.0 Å². The molecule has 9 nitrogen and oxygen atoms in total. The van der Waals surface area contributed by atoms with Crippen LogP contribution in [0, 0.1) is 5.82 Å². The predicted octanol–water partition coefficient (Wildman–Crippen LogP) is 5.60. The number of carbonyl (C=O) groups excluding carboxylic acids is 3. The van der Waals surface area contributed by atoms with Gasteiger partial charge in [0.15, 0.2) is 0 Å². The van der Waals surface area contributed by atoms with Crippen molar-refractivity contribution in [3.63, 3.8) is 0 Å². The Morgan fingerprint density at radius 2 is 1.80 bits per heavy atom. The molecule has 0 saturated heterocycles. The molecule has 46 heavy (non-hydrogen) atoms. The molecule has 5 rings (SSSR count). The smallest absolute Gasteiger partial charge is 0.314 e. The van der Waals surface area contributed by atoms with Crippen LogP contribution >= 0.6 is 11.8 Å². The van der Waals surface area contributed by atoms with Gasteiger partial charge in [0.2, 0.25) is 5.91 Å². The summed E-state index contributed by atoms with van der Waals surface area (Å²) in [6.45, 7) is 4.92. The molecule has 1 aliphatic heterocycles. The molecule has 4 N–H and O–H groups in total. The van der Waals surface area contributed by atoms with Crippen LogP contribution in [0.25, 0.3) is 11.1 Å². The first kappa shape index (κ1) is 32.8. The van der Waals surface area contributed by atoms with Crippen molar-refractivity contribution >= 4 is 35.3 Å². The van der Waals surface area contributed by atoms with E-state index in [9.17, 15) is 18.8 Å². The van der Waals surface area contributed by atoms with Crippen molar-refractivity contribution < 1.29 is 23.2 Å². The van der Waals surface area contributed by atoms with Gasteiger partial charge in [-0.3, -0.25) is 9.59 Å². The van der Waals surface area contributed by atoms with Crippen LogP contribution in [-0.4, -0.2) is 42.2 Å². The van der Waals surface area contributed by atoms with Crippen LogP contribution in [0.5, 0.6) is 0 Å². The van der Waals surface area contributed by atoms with Crippen LogP contribution in [0.4, 0.5) is 14.9 Å². The third kappa shape index (κ3) is 8.35. The van der Waals surface area contributed by atoms with Gasteiger partial charge >= 0.3 is 6.03 Å². The summed E-state index contributed by atoms with van der Waals surface area (Å²) in [5, 5.41) is 11.7. The van der Waals surface area contributed by atoms with Crippen molar-refractivity contribution in [3.8, 4) is 11.1 Å². The van der Waals surface area contributed by atoms with Gasteiger partial charge < -0.3 is 30.6 Å². The lowest BCUT2D eigenvalue weighted by atomic mass is 9.98. The Kier molecular flexibility index (Phi) is 10.4. The molecule has 240 valence electrons. The summed E-state index contributed by atoms with van der Waals surface area (Å²) in [7, 11) is 1.57. The van der Waals surface area contributed by atoms with Gasteiger partial charge in [0.05, 0.1) is 25.0 Å². The topological polar surface area (TPSA) is 116 Å². The molecule has 3 aromatic carbocycles. The van der Waals surface area contributed by atoms with Gasteiger partial charge in [0.25, 0.3) is 5.91 Å². The maximum atomic E-state index is 14.3. The largest absolute Gasteiger partial charge is 0.468 e. The lowest BCUT2D eigenvalue weighted by molar-refractivity contribution is -0.127. The van der Waals surface area contributed by atoms with E-state index in [1.807, 2.05) is 74.5 Å². The number of furan rings is 1. The van der Waals surface area contributed by atoms with Crippen LogP contribution < -0.4 is 26.2 Å². The maximum Gasteiger partial charge on any atom is 0.314 e. The summed E-state index contributed by atoms with van der Waals surface area (Å²) >= 11 is 1.35. The number of rotatable bonds is 11. The van der Waals surface area contributed by atoms with E-state index in [2.05, 4.69) is 21.3 Å². The zero-order valence-electron chi connectivity index (χ0n) is 26.1. The van der Waals surface area contributed by atoms with Gasteiger partial charge in [0, 0.05) is 36.2 Å². The van der Waals surface area contributed by atoms with Crippen molar-refractivity contribution in [3.05, 3.63) is 108 Å². The number of anilines is 1. The molecule has 4 aromatic rings. The molecule has 0 unspecified atom stereocenters. The molecule has 0 aliphatic carbocycles. The summed E-state index contributed by atoms with van der Waals surface area (Å²) in [5.41, 5.74) is 3.83. The monoisotopic (exact) mass is 643 g/mol. The predicted molar refractivity (Wildman–Crippen MR) is 178 cm³/mol. The fourth-order valence-corrected chi connectivity index (χ4v) is 6.38. The Morgan fingerprint density at radius 3 is 2.54 bits per heavy atom. The summed E-state index contributed by atoms with van der Waals surface area (Å²) in [5.74, 6) is 0.126. The summed E-state index contributed by atoms with van der Waals surface area (Å²) in [4.78, 5) is 41.2. The standard InChI is InChI=1S/C35H38FN5O4S/c1-35(2,39-20-27-8-6-16-45-27)18-32(42)40-29-22-46-31-17-26(36)14-15-30(31)41(33(29)43)21-23-10-12-24(13-11-23)28-9-5-4-7-25(28)19-38-34(44)37-3/h4-17,29,39H,18-22H2,1-3H3,(H,40,42)(H2,37,38,44)/t29-/m1/s1. The summed E-state index contributed by atoms with van der Waals surface area (Å²) in [6.07, 6.45) is 1.75. The molecule has 2 heterocycles. The third-order valence-electron chi connectivity index (χ3n) is 7.73. The highest BCUT2D eigenvalue weighted by Crippen LogP contribution is 2.36. The Morgan fingerprint density at radius 1 is 1.02 bits per heavy atom.